The number of aliphatic hydroxyl groups is 1. The van der Waals surface area contributed by atoms with Gasteiger partial charge in [-0.25, -0.2) is 0 Å². The average Bonchev–Trinajstić information content (AvgIpc) is 3.74. The Balaban J connectivity index is 1.17. The Morgan fingerprint density at radius 2 is 1.42 bits per heavy atom. The second kappa shape index (κ2) is 12.0. The number of anilines is 1. The molecule has 0 radical (unpaired) electrons. The summed E-state index contributed by atoms with van der Waals surface area (Å²) in [7, 11) is 4.35. The maximum absolute atomic E-state index is 9.87. The van der Waals surface area contributed by atoms with Crippen LogP contribution in [0.5, 0.6) is 0 Å². The minimum atomic E-state index is -0.224. The van der Waals surface area contributed by atoms with Crippen molar-refractivity contribution in [3.05, 3.63) is 120 Å². The highest BCUT2D eigenvalue weighted by Gasteiger charge is 2.49. The van der Waals surface area contributed by atoms with E-state index in [9.17, 15) is 5.11 Å². The molecule has 5 nitrogen and oxygen atoms in total. The van der Waals surface area contributed by atoms with Crippen LogP contribution in [0.1, 0.15) is 59.9 Å². The summed E-state index contributed by atoms with van der Waals surface area (Å²) in [5.74, 6) is 0. The van der Waals surface area contributed by atoms with Crippen LogP contribution >= 0.6 is 0 Å². The molecule has 0 fully saturated rings. The molecule has 0 amide bonds. The molecule has 4 aromatic carbocycles. The summed E-state index contributed by atoms with van der Waals surface area (Å²) in [6.45, 7) is 11.8. The van der Waals surface area contributed by atoms with E-state index in [2.05, 4.69) is 159 Å². The number of para-hydroxylation sites is 2. The Labute approximate surface area is 297 Å². The van der Waals surface area contributed by atoms with Crippen molar-refractivity contribution in [2.45, 2.75) is 64.3 Å². The molecule has 2 aromatic heterocycles. The van der Waals surface area contributed by atoms with Crippen molar-refractivity contribution in [1.29, 1.82) is 0 Å². The van der Waals surface area contributed by atoms with Crippen LogP contribution in [0.3, 0.4) is 0 Å². The van der Waals surface area contributed by atoms with Crippen molar-refractivity contribution in [2.24, 2.45) is 14.1 Å². The number of nitrogens with zero attached hydrogens (tertiary/aromatic N) is 3. The lowest BCUT2D eigenvalue weighted by atomic mass is 9.78. The monoisotopic (exact) mass is 665 g/mol. The Morgan fingerprint density at radius 1 is 0.780 bits per heavy atom. The molecule has 2 atom stereocenters. The summed E-state index contributed by atoms with van der Waals surface area (Å²) < 4.78 is 12.6. The average molecular weight is 666 g/mol. The molecule has 5 heteroatoms. The fourth-order valence-corrected chi connectivity index (χ4v) is 9.63. The third kappa shape index (κ3) is 4.59. The molecule has 50 heavy (non-hydrogen) atoms. The normalized spacial score (nSPS) is 20.8. The van der Waals surface area contributed by atoms with E-state index in [0.717, 1.165) is 19.5 Å². The lowest BCUT2D eigenvalue weighted by Crippen LogP contribution is -3.10. The van der Waals surface area contributed by atoms with Gasteiger partial charge in [-0.1, -0.05) is 75.4 Å². The quantitative estimate of drug-likeness (QED) is 0.160. The van der Waals surface area contributed by atoms with Gasteiger partial charge in [-0.05, 0) is 74.7 Å². The maximum Gasteiger partial charge on any atom is 0.136 e. The van der Waals surface area contributed by atoms with Crippen LogP contribution in [0.15, 0.2) is 109 Å². The van der Waals surface area contributed by atoms with E-state index in [1.165, 1.54) is 76.7 Å². The molecule has 6 aromatic rings. The van der Waals surface area contributed by atoms with E-state index < -0.39 is 0 Å². The van der Waals surface area contributed by atoms with Gasteiger partial charge in [0.25, 0.3) is 0 Å². The van der Waals surface area contributed by atoms with Crippen LogP contribution in [0.2, 0.25) is 0 Å². The zero-order valence-electron chi connectivity index (χ0n) is 31.4. The lowest BCUT2D eigenvalue weighted by molar-refractivity contribution is -0.850. The van der Waals surface area contributed by atoms with Crippen LogP contribution in [-0.4, -0.2) is 40.0 Å². The van der Waals surface area contributed by atoms with Crippen molar-refractivity contribution < 1.29 is 11.4 Å². The van der Waals surface area contributed by atoms with Gasteiger partial charge in [0.05, 0.1) is 12.0 Å². The number of allylic oxidation sites excluding steroid dienone is 5. The molecule has 2 N–H and O–H groups in total. The Hall–Kier alpha value is -4.58. The largest absolute Gasteiger partial charge is 0.396 e. The topological polar surface area (TPSA) is 37.8 Å². The molecular formula is C45H51N4O+. The fraction of sp³-hybridized carbons (Fsp3) is 0.333. The van der Waals surface area contributed by atoms with Crippen LogP contribution in [-0.2, 0) is 24.9 Å². The molecule has 0 saturated heterocycles. The minimum Gasteiger partial charge on any atom is -0.396 e. The summed E-state index contributed by atoms with van der Waals surface area (Å²) in [6.07, 6.45) is 12.9. The standard InChI is InChI=1S/C45H50N4O/c1-8-27-48-36-25-23-34-40(30-17-12-14-19-32(30)46(34)6)42(36)44(2,3)38(48)21-10-9-11-22-39-45(4,5)43-37(49(39)28-16-29-50)26-24-35-41(43)31-18-13-15-20-33(31)47(35)7/h9-15,17-26,38,50H,8,16,27-29H2,1-7H3/p+1/b11-9+,21-10+,39-22+/i1T. The summed E-state index contributed by atoms with van der Waals surface area (Å²) in [6, 6.07) is 27.0. The molecule has 2 aliphatic rings. The third-order valence-corrected chi connectivity index (χ3v) is 11.9. The van der Waals surface area contributed by atoms with Gasteiger partial charge in [0.15, 0.2) is 0 Å². The van der Waals surface area contributed by atoms with Crippen molar-refractivity contribution in [3.63, 3.8) is 0 Å². The number of fused-ring (bicyclic) bond motifs is 10. The molecule has 2 aliphatic heterocycles. The Kier molecular flexibility index (Phi) is 7.56. The Bertz CT molecular complexity index is 2400. The fourth-order valence-electron chi connectivity index (χ4n) is 9.63. The van der Waals surface area contributed by atoms with Gasteiger partial charge in [-0.3, -0.25) is 4.90 Å². The second-order valence-electron chi connectivity index (χ2n) is 15.4. The number of quaternary nitrogens is 1. The Morgan fingerprint density at radius 3 is 2.08 bits per heavy atom. The van der Waals surface area contributed by atoms with Gasteiger partial charge in [0.2, 0.25) is 0 Å². The highest BCUT2D eigenvalue weighted by Crippen LogP contribution is 2.52. The number of nitrogens with one attached hydrogen (secondary N) is 1. The molecular weight excluding hydrogens is 613 g/mol. The molecule has 4 heterocycles. The predicted octanol–water partition coefficient (Wildman–Crippen LogP) is 8.74. The highest BCUT2D eigenvalue weighted by molar-refractivity contribution is 6.13. The number of hydrogen-bond donors (Lipinski definition) is 2. The van der Waals surface area contributed by atoms with E-state index in [0.29, 0.717) is 13.3 Å². The molecule has 0 aliphatic carbocycles. The third-order valence-electron chi connectivity index (χ3n) is 11.9. The summed E-state index contributed by atoms with van der Waals surface area (Å²) in [5.41, 5.74) is 11.4. The number of aryl methyl sites for hydroxylation is 2. The van der Waals surface area contributed by atoms with Gasteiger partial charge >= 0.3 is 0 Å². The first kappa shape index (κ1) is 31.4. The highest BCUT2D eigenvalue weighted by atomic mass is 16.3. The van der Waals surface area contributed by atoms with Crippen LogP contribution < -0.4 is 9.80 Å². The first-order valence-electron chi connectivity index (χ1n) is 18.9. The van der Waals surface area contributed by atoms with Gasteiger partial charge in [0, 0.05) is 101 Å². The second-order valence-corrected chi connectivity index (χ2v) is 15.4. The van der Waals surface area contributed by atoms with Gasteiger partial charge in [-0.2, -0.15) is 0 Å². The molecule has 0 spiro atoms. The van der Waals surface area contributed by atoms with Gasteiger partial charge in [0.1, 0.15) is 11.7 Å². The first-order valence-corrected chi connectivity index (χ1v) is 18.2. The predicted molar refractivity (Wildman–Crippen MR) is 212 cm³/mol. The van der Waals surface area contributed by atoms with Crippen LogP contribution in [0.4, 0.5) is 11.4 Å². The van der Waals surface area contributed by atoms with Crippen molar-refractivity contribution in [2.75, 3.05) is 24.6 Å². The summed E-state index contributed by atoms with van der Waals surface area (Å²) in [4.78, 5) is 3.89. The first-order chi connectivity index (χ1) is 24.6. The van der Waals surface area contributed by atoms with E-state index in [1.807, 2.05) is 0 Å². The van der Waals surface area contributed by atoms with E-state index in [-0.39, 0.29) is 23.5 Å². The summed E-state index contributed by atoms with van der Waals surface area (Å²) in [5, 5.41) is 15.2. The lowest BCUT2D eigenvalue weighted by Gasteiger charge is -2.27. The molecule has 0 bridgehead atoms. The van der Waals surface area contributed by atoms with E-state index in [1.54, 1.807) is 0 Å². The number of hydrogen-bond acceptors (Lipinski definition) is 2. The van der Waals surface area contributed by atoms with E-state index in [4.69, 9.17) is 1.37 Å². The number of rotatable bonds is 8. The zero-order chi connectivity index (χ0) is 35.7. The number of aliphatic hydroxyl groups excluding tert-OH is 1. The summed E-state index contributed by atoms with van der Waals surface area (Å²) >= 11 is 0. The molecule has 2 unspecified atom stereocenters. The molecule has 0 saturated carbocycles. The van der Waals surface area contributed by atoms with Gasteiger partial charge < -0.3 is 19.1 Å². The SMILES string of the molecule is [3H]CCC[NH+]1c2ccc3c(c2C(C)(C)C1/C=C/C=C/C=C1/N(CCCO)c2ccc4c(c2C1(C)C)c1ccccc1n4C)c1ccccc1n3C. The maximum atomic E-state index is 9.87. The minimum absolute atomic E-state index is 0.0981. The van der Waals surface area contributed by atoms with Crippen molar-refractivity contribution in [1.82, 2.24) is 9.13 Å². The smallest absolute Gasteiger partial charge is 0.136 e. The van der Waals surface area contributed by atoms with E-state index >= 15 is 0 Å². The van der Waals surface area contributed by atoms with Crippen LogP contribution in [0, 0.1) is 0 Å². The molecule has 256 valence electrons. The number of benzene rings is 4. The van der Waals surface area contributed by atoms with Gasteiger partial charge in [-0.15, -0.1) is 0 Å². The number of aromatic nitrogens is 2. The molecule has 8 rings (SSSR count). The van der Waals surface area contributed by atoms with Crippen LogP contribution in [0.25, 0.3) is 43.6 Å². The zero-order valence-corrected chi connectivity index (χ0v) is 30.4. The van der Waals surface area contributed by atoms with Crippen molar-refractivity contribution >= 4 is 55.0 Å². The van der Waals surface area contributed by atoms with Crippen molar-refractivity contribution in [3.8, 4) is 0 Å².